The molecule has 1 atom stereocenters. The minimum Gasteiger partial charge on any atom is -0.464 e. The summed E-state index contributed by atoms with van der Waals surface area (Å²) in [7, 11) is 0. The Kier molecular flexibility index (Phi) is 5.00. The van der Waals surface area contributed by atoms with Gasteiger partial charge in [-0.2, -0.15) is 0 Å². The van der Waals surface area contributed by atoms with Gasteiger partial charge >= 0.3 is 12.0 Å². The number of urea groups is 1. The molecule has 1 aromatic carbocycles. The molecule has 0 fully saturated rings. The van der Waals surface area contributed by atoms with Crippen LogP contribution in [0.15, 0.2) is 30.3 Å². The zero-order valence-corrected chi connectivity index (χ0v) is 9.68. The molecule has 17 heavy (non-hydrogen) atoms. The third-order valence-electron chi connectivity index (χ3n) is 2.10. The number of carbonyl (C=O) groups excluding carboxylic acids is 2. The molecule has 0 saturated carbocycles. The first-order chi connectivity index (χ1) is 8.15. The van der Waals surface area contributed by atoms with Crippen LogP contribution in [-0.2, 0) is 9.53 Å². The van der Waals surface area contributed by atoms with Gasteiger partial charge in [-0.3, -0.25) is 0 Å². The number of esters is 1. The van der Waals surface area contributed by atoms with E-state index in [0.29, 0.717) is 12.2 Å². The molecule has 0 aliphatic carbocycles. The van der Waals surface area contributed by atoms with Gasteiger partial charge in [0.1, 0.15) is 0 Å². The first-order valence-electron chi connectivity index (χ1n) is 5.42. The van der Waals surface area contributed by atoms with Crippen LogP contribution in [0, 0.1) is 0 Å². The van der Waals surface area contributed by atoms with Crippen molar-refractivity contribution >= 4 is 12.0 Å². The van der Waals surface area contributed by atoms with E-state index in [4.69, 9.17) is 10.5 Å². The summed E-state index contributed by atoms with van der Waals surface area (Å²) < 4.78 is 5.00. The number of hydrogen-bond acceptors (Lipinski definition) is 3. The lowest BCUT2D eigenvalue weighted by Gasteiger charge is -2.16. The minimum absolute atomic E-state index is 0.322. The molecule has 0 aliphatic heterocycles. The van der Waals surface area contributed by atoms with Gasteiger partial charge in [0.25, 0.3) is 0 Å². The third-order valence-corrected chi connectivity index (χ3v) is 2.10. The summed E-state index contributed by atoms with van der Waals surface area (Å²) >= 11 is 0. The average molecular weight is 236 g/mol. The number of primary amides is 1. The van der Waals surface area contributed by atoms with E-state index in [2.05, 4.69) is 5.32 Å². The van der Waals surface area contributed by atoms with E-state index in [9.17, 15) is 9.59 Å². The maximum absolute atomic E-state index is 11.7. The number of hydrogen-bond donors (Lipinski definition) is 2. The minimum atomic E-state index is -0.847. The SMILES string of the molecule is CCCOC(=O)C(NC(N)=O)c1ccccc1. The molecule has 1 unspecified atom stereocenters. The molecular formula is C12H16N2O3. The maximum atomic E-state index is 11.7. The van der Waals surface area contributed by atoms with Gasteiger partial charge in [0.05, 0.1) is 6.61 Å². The van der Waals surface area contributed by atoms with Gasteiger partial charge in [-0.05, 0) is 12.0 Å². The van der Waals surface area contributed by atoms with Crippen molar-refractivity contribution in [3.8, 4) is 0 Å². The molecule has 2 amide bonds. The number of ether oxygens (including phenoxy) is 1. The standard InChI is InChI=1S/C12H16N2O3/c1-2-8-17-11(15)10(14-12(13)16)9-6-4-3-5-7-9/h3-7,10H,2,8H2,1H3,(H3,13,14,16). The second-order valence-electron chi connectivity index (χ2n) is 3.52. The third kappa shape index (κ3) is 4.14. The molecule has 5 heteroatoms. The molecule has 92 valence electrons. The van der Waals surface area contributed by atoms with E-state index in [1.165, 1.54) is 0 Å². The van der Waals surface area contributed by atoms with Crippen molar-refractivity contribution in [2.24, 2.45) is 5.73 Å². The number of benzene rings is 1. The Morgan fingerprint density at radius 1 is 1.35 bits per heavy atom. The Morgan fingerprint density at radius 3 is 2.53 bits per heavy atom. The Hall–Kier alpha value is -2.04. The van der Waals surface area contributed by atoms with Crippen molar-refractivity contribution in [3.05, 3.63) is 35.9 Å². The van der Waals surface area contributed by atoms with Gasteiger partial charge in [0.2, 0.25) is 0 Å². The second kappa shape index (κ2) is 6.52. The van der Waals surface area contributed by atoms with E-state index in [1.54, 1.807) is 24.3 Å². The van der Waals surface area contributed by atoms with Crippen LogP contribution in [0.25, 0.3) is 0 Å². The largest absolute Gasteiger partial charge is 0.464 e. The molecule has 3 N–H and O–H groups in total. The van der Waals surface area contributed by atoms with Crippen molar-refractivity contribution in [1.29, 1.82) is 0 Å². The lowest BCUT2D eigenvalue weighted by molar-refractivity contribution is -0.146. The fourth-order valence-electron chi connectivity index (χ4n) is 1.35. The predicted molar refractivity (Wildman–Crippen MR) is 63.2 cm³/mol. The number of carbonyl (C=O) groups is 2. The summed E-state index contributed by atoms with van der Waals surface area (Å²) in [5.74, 6) is -0.503. The number of amides is 2. The van der Waals surface area contributed by atoms with Gasteiger partial charge in [-0.25, -0.2) is 9.59 Å². The van der Waals surface area contributed by atoms with Gasteiger partial charge in [0, 0.05) is 0 Å². The number of rotatable bonds is 5. The van der Waals surface area contributed by atoms with Gasteiger partial charge in [-0.15, -0.1) is 0 Å². The van der Waals surface area contributed by atoms with Gasteiger partial charge < -0.3 is 15.8 Å². The molecule has 0 bridgehead atoms. The van der Waals surface area contributed by atoms with Crippen LogP contribution in [0.4, 0.5) is 4.79 Å². The van der Waals surface area contributed by atoms with E-state index in [-0.39, 0.29) is 0 Å². The summed E-state index contributed by atoms with van der Waals surface area (Å²) in [5.41, 5.74) is 5.69. The van der Waals surface area contributed by atoms with Crippen LogP contribution in [-0.4, -0.2) is 18.6 Å². The van der Waals surface area contributed by atoms with Crippen molar-refractivity contribution in [2.45, 2.75) is 19.4 Å². The Bertz CT molecular complexity index is 379. The highest BCUT2D eigenvalue weighted by Crippen LogP contribution is 2.14. The van der Waals surface area contributed by atoms with Crippen molar-refractivity contribution in [2.75, 3.05) is 6.61 Å². The van der Waals surface area contributed by atoms with Crippen LogP contribution in [0.2, 0.25) is 0 Å². The summed E-state index contributed by atoms with van der Waals surface area (Å²) in [6.45, 7) is 2.22. The van der Waals surface area contributed by atoms with E-state index in [1.807, 2.05) is 13.0 Å². The summed E-state index contributed by atoms with van der Waals surface area (Å²) in [6.07, 6.45) is 0.726. The lowest BCUT2D eigenvalue weighted by atomic mass is 10.1. The number of nitrogens with two attached hydrogens (primary N) is 1. The van der Waals surface area contributed by atoms with E-state index in [0.717, 1.165) is 6.42 Å². The molecule has 0 aromatic heterocycles. The Morgan fingerprint density at radius 2 is 2.00 bits per heavy atom. The molecule has 0 heterocycles. The summed E-state index contributed by atoms with van der Waals surface area (Å²) in [4.78, 5) is 22.6. The zero-order chi connectivity index (χ0) is 12.7. The zero-order valence-electron chi connectivity index (χ0n) is 9.68. The molecule has 0 saturated heterocycles. The highest BCUT2D eigenvalue weighted by molar-refractivity contribution is 5.83. The normalized spacial score (nSPS) is 11.6. The van der Waals surface area contributed by atoms with Crippen LogP contribution >= 0.6 is 0 Å². The monoisotopic (exact) mass is 236 g/mol. The van der Waals surface area contributed by atoms with Crippen LogP contribution < -0.4 is 11.1 Å². The quantitative estimate of drug-likeness (QED) is 0.757. The van der Waals surface area contributed by atoms with Crippen LogP contribution in [0.1, 0.15) is 24.9 Å². The molecule has 0 aliphatic rings. The smallest absolute Gasteiger partial charge is 0.333 e. The maximum Gasteiger partial charge on any atom is 0.333 e. The topological polar surface area (TPSA) is 81.4 Å². The van der Waals surface area contributed by atoms with Crippen LogP contribution in [0.3, 0.4) is 0 Å². The lowest BCUT2D eigenvalue weighted by Crippen LogP contribution is -2.38. The van der Waals surface area contributed by atoms with Crippen LogP contribution in [0.5, 0.6) is 0 Å². The summed E-state index contributed by atoms with van der Waals surface area (Å²) in [6, 6.07) is 7.23. The van der Waals surface area contributed by atoms with Gasteiger partial charge in [0.15, 0.2) is 6.04 Å². The molecule has 5 nitrogen and oxygen atoms in total. The summed E-state index contributed by atoms with van der Waals surface area (Å²) in [5, 5.41) is 2.37. The Labute approximate surface area is 99.9 Å². The number of nitrogens with one attached hydrogen (secondary N) is 1. The predicted octanol–water partition coefficient (Wildman–Crippen LogP) is 1.35. The molecule has 0 spiro atoms. The molecule has 1 rings (SSSR count). The van der Waals surface area contributed by atoms with Crippen molar-refractivity contribution in [1.82, 2.24) is 5.32 Å². The van der Waals surface area contributed by atoms with E-state index >= 15 is 0 Å². The fourth-order valence-corrected chi connectivity index (χ4v) is 1.35. The molecule has 1 aromatic rings. The molecule has 0 radical (unpaired) electrons. The highest BCUT2D eigenvalue weighted by Gasteiger charge is 2.22. The van der Waals surface area contributed by atoms with Crippen molar-refractivity contribution in [3.63, 3.8) is 0 Å². The first kappa shape index (κ1) is 13.0. The van der Waals surface area contributed by atoms with Crippen molar-refractivity contribution < 1.29 is 14.3 Å². The first-order valence-corrected chi connectivity index (χ1v) is 5.42. The average Bonchev–Trinajstić information content (AvgIpc) is 2.34. The van der Waals surface area contributed by atoms with Gasteiger partial charge in [-0.1, -0.05) is 37.3 Å². The Balaban J connectivity index is 2.80. The molecular weight excluding hydrogens is 220 g/mol. The fraction of sp³-hybridized carbons (Fsp3) is 0.333. The van der Waals surface area contributed by atoms with E-state index < -0.39 is 18.0 Å². The second-order valence-corrected chi connectivity index (χ2v) is 3.52. The highest BCUT2D eigenvalue weighted by atomic mass is 16.5.